The van der Waals surface area contributed by atoms with Crippen molar-refractivity contribution in [1.29, 1.82) is 0 Å². The minimum Gasteiger partial charge on any atom is -0.396 e. The van der Waals surface area contributed by atoms with Crippen molar-refractivity contribution in [3.05, 3.63) is 17.6 Å². The molecule has 7 nitrogen and oxygen atoms in total. The van der Waals surface area contributed by atoms with Crippen LogP contribution in [-0.2, 0) is 16.6 Å². The number of amides is 1. The van der Waals surface area contributed by atoms with E-state index in [1.807, 2.05) is 0 Å². The van der Waals surface area contributed by atoms with E-state index in [4.69, 9.17) is 9.97 Å². The van der Waals surface area contributed by atoms with Crippen LogP contribution in [0.3, 0.4) is 0 Å². The lowest BCUT2D eigenvalue weighted by Crippen LogP contribution is -2.52. The van der Waals surface area contributed by atoms with E-state index in [-0.39, 0.29) is 17.9 Å². The summed E-state index contributed by atoms with van der Waals surface area (Å²) in [5.41, 5.74) is 0.802. The van der Waals surface area contributed by atoms with Crippen LogP contribution < -0.4 is 10.2 Å². The first-order valence-corrected chi connectivity index (χ1v) is 12.4. The number of carbonyl (C=O) groups excluding carboxylic acids is 1. The smallest absolute Gasteiger partial charge is 0.217 e. The first-order valence-electron chi connectivity index (χ1n) is 12.4. The summed E-state index contributed by atoms with van der Waals surface area (Å²) in [6, 6.07) is 2.84. The average molecular weight is 446 g/mol. The summed E-state index contributed by atoms with van der Waals surface area (Å²) in [4.78, 5) is 25.9. The van der Waals surface area contributed by atoms with Gasteiger partial charge in [0.2, 0.25) is 5.91 Å². The Labute approximate surface area is 194 Å². The Morgan fingerprint density at radius 3 is 2.50 bits per heavy atom. The number of nitrogens with zero attached hydrogens (tertiary/aromatic N) is 4. The molecule has 32 heavy (non-hydrogen) atoms. The van der Waals surface area contributed by atoms with Crippen molar-refractivity contribution in [3.63, 3.8) is 0 Å². The zero-order chi connectivity index (χ0) is 23.3. The van der Waals surface area contributed by atoms with Gasteiger partial charge in [0.25, 0.3) is 0 Å². The topological polar surface area (TPSA) is 81.6 Å². The molecule has 1 amide bonds. The van der Waals surface area contributed by atoms with Crippen molar-refractivity contribution in [3.8, 4) is 0 Å². The molecule has 2 heterocycles. The Morgan fingerprint density at radius 2 is 1.91 bits per heavy atom. The van der Waals surface area contributed by atoms with Crippen LogP contribution in [0.2, 0.25) is 0 Å². The average Bonchev–Trinajstić information content (AvgIpc) is 2.72. The Morgan fingerprint density at radius 1 is 1.19 bits per heavy atom. The van der Waals surface area contributed by atoms with Gasteiger partial charge in [-0.1, -0.05) is 20.8 Å². The van der Waals surface area contributed by atoms with Gasteiger partial charge in [0.05, 0.1) is 0 Å². The lowest BCUT2D eigenvalue weighted by Gasteiger charge is -2.41. The van der Waals surface area contributed by atoms with E-state index in [1.165, 1.54) is 19.3 Å². The van der Waals surface area contributed by atoms with Crippen molar-refractivity contribution < 1.29 is 9.90 Å². The zero-order valence-electron chi connectivity index (χ0n) is 20.7. The molecule has 1 aliphatic heterocycles. The molecule has 7 heteroatoms. The summed E-state index contributed by atoms with van der Waals surface area (Å²) >= 11 is 0. The molecule has 1 saturated carbocycles. The monoisotopic (exact) mass is 445 g/mol. The molecule has 1 saturated heterocycles. The number of hydrogen-bond donors (Lipinski definition) is 2. The molecule has 1 aromatic heterocycles. The van der Waals surface area contributed by atoms with Crippen LogP contribution in [0, 0.1) is 5.92 Å². The first-order chi connectivity index (χ1) is 15.2. The number of nitrogens with one attached hydrogen (secondary N) is 1. The fourth-order valence-corrected chi connectivity index (χ4v) is 5.03. The highest BCUT2D eigenvalue weighted by Gasteiger charge is 2.28. The molecule has 180 valence electrons. The van der Waals surface area contributed by atoms with Crippen LogP contribution in [0.15, 0.2) is 6.07 Å². The highest BCUT2D eigenvalue weighted by Crippen LogP contribution is 2.28. The van der Waals surface area contributed by atoms with Crippen LogP contribution >= 0.6 is 0 Å². The summed E-state index contributed by atoms with van der Waals surface area (Å²) in [5, 5.41) is 12.5. The third-order valence-corrected chi connectivity index (χ3v) is 6.92. The maximum Gasteiger partial charge on any atom is 0.217 e. The quantitative estimate of drug-likeness (QED) is 0.672. The highest BCUT2D eigenvalue weighted by molar-refractivity contribution is 5.73. The van der Waals surface area contributed by atoms with Gasteiger partial charge in [0.15, 0.2) is 0 Å². The standard InChI is InChI=1S/C25H43N5O2/c1-18-17-29(12-10-20-6-8-21(9-7-20)26-19(2)32)13-14-30(18)23-16-22(11-15-31)27-24(28-23)25(3,4)5/h16,18,20-21,31H,6-15,17H2,1-5H3,(H,26,32). The van der Waals surface area contributed by atoms with E-state index < -0.39 is 0 Å². The third-order valence-electron chi connectivity index (χ3n) is 6.92. The highest BCUT2D eigenvalue weighted by atomic mass is 16.3. The number of piperazine rings is 1. The maximum absolute atomic E-state index is 11.3. The molecule has 0 spiro atoms. The Hall–Kier alpha value is -1.73. The number of aliphatic hydroxyl groups is 1. The SMILES string of the molecule is CC(=O)NC1CCC(CCN2CCN(c3cc(CCO)nc(C(C)(C)C)n3)C(C)C2)CC1. The molecular weight excluding hydrogens is 402 g/mol. The molecule has 1 unspecified atom stereocenters. The van der Waals surface area contributed by atoms with Gasteiger partial charge in [-0.2, -0.15) is 0 Å². The molecule has 1 atom stereocenters. The van der Waals surface area contributed by atoms with Crippen molar-refractivity contribution in [2.45, 2.75) is 90.6 Å². The largest absolute Gasteiger partial charge is 0.396 e. The summed E-state index contributed by atoms with van der Waals surface area (Å²) in [6.07, 6.45) is 6.51. The zero-order valence-corrected chi connectivity index (χ0v) is 20.7. The van der Waals surface area contributed by atoms with Crippen LogP contribution in [0.25, 0.3) is 0 Å². The van der Waals surface area contributed by atoms with Crippen molar-refractivity contribution in [1.82, 2.24) is 20.2 Å². The van der Waals surface area contributed by atoms with Gasteiger partial charge in [-0.15, -0.1) is 0 Å². The Bertz CT molecular complexity index is 755. The Kier molecular flexibility index (Phi) is 8.50. The van der Waals surface area contributed by atoms with Gasteiger partial charge in [0, 0.05) is 68.8 Å². The number of anilines is 1. The maximum atomic E-state index is 11.3. The second kappa shape index (κ2) is 10.9. The van der Waals surface area contributed by atoms with Crippen molar-refractivity contribution in [2.75, 3.05) is 37.7 Å². The molecule has 1 aromatic rings. The molecule has 0 aromatic carbocycles. The van der Waals surface area contributed by atoms with E-state index >= 15 is 0 Å². The van der Waals surface area contributed by atoms with E-state index in [9.17, 15) is 9.90 Å². The van der Waals surface area contributed by atoms with E-state index in [2.05, 4.69) is 48.9 Å². The normalized spacial score (nSPS) is 25.1. The molecular formula is C25H43N5O2. The molecule has 0 radical (unpaired) electrons. The van der Waals surface area contributed by atoms with E-state index in [1.54, 1.807) is 6.92 Å². The lowest BCUT2D eigenvalue weighted by atomic mass is 9.84. The fourth-order valence-electron chi connectivity index (χ4n) is 5.03. The van der Waals surface area contributed by atoms with Gasteiger partial charge in [0.1, 0.15) is 11.6 Å². The molecule has 2 N–H and O–H groups in total. The van der Waals surface area contributed by atoms with Crippen LogP contribution in [-0.4, -0.2) is 70.8 Å². The number of aliphatic hydroxyl groups excluding tert-OH is 1. The lowest BCUT2D eigenvalue weighted by molar-refractivity contribution is -0.119. The molecule has 3 rings (SSSR count). The van der Waals surface area contributed by atoms with Gasteiger partial charge in [-0.3, -0.25) is 9.69 Å². The van der Waals surface area contributed by atoms with Crippen LogP contribution in [0.4, 0.5) is 5.82 Å². The van der Waals surface area contributed by atoms with Gasteiger partial charge in [-0.05, 0) is 51.5 Å². The Balaban J connectivity index is 1.53. The molecule has 0 bridgehead atoms. The van der Waals surface area contributed by atoms with Crippen LogP contribution in [0.5, 0.6) is 0 Å². The molecule has 2 aliphatic rings. The van der Waals surface area contributed by atoms with Crippen molar-refractivity contribution in [2.24, 2.45) is 5.92 Å². The minimum atomic E-state index is -0.121. The number of carbonyl (C=O) groups is 1. The predicted octanol–water partition coefficient (Wildman–Crippen LogP) is 2.90. The summed E-state index contributed by atoms with van der Waals surface area (Å²) in [5.74, 6) is 2.73. The predicted molar refractivity (Wildman–Crippen MR) is 129 cm³/mol. The third kappa shape index (κ3) is 6.88. The van der Waals surface area contributed by atoms with Crippen molar-refractivity contribution >= 4 is 11.7 Å². The summed E-state index contributed by atoms with van der Waals surface area (Å²) in [6.45, 7) is 14.6. The summed E-state index contributed by atoms with van der Waals surface area (Å²) in [7, 11) is 0. The second-order valence-electron chi connectivity index (χ2n) is 10.8. The first kappa shape index (κ1) is 24.9. The fraction of sp³-hybridized carbons (Fsp3) is 0.800. The van der Waals surface area contributed by atoms with Gasteiger partial charge < -0.3 is 15.3 Å². The summed E-state index contributed by atoms with van der Waals surface area (Å²) < 4.78 is 0. The minimum absolute atomic E-state index is 0.0992. The second-order valence-corrected chi connectivity index (χ2v) is 10.8. The molecule has 1 aliphatic carbocycles. The number of rotatable bonds is 7. The van der Waals surface area contributed by atoms with E-state index in [0.29, 0.717) is 18.5 Å². The molecule has 2 fully saturated rings. The van der Waals surface area contributed by atoms with E-state index in [0.717, 1.165) is 62.3 Å². The number of hydrogen-bond acceptors (Lipinski definition) is 6. The van der Waals surface area contributed by atoms with Crippen LogP contribution in [0.1, 0.15) is 78.2 Å². The van der Waals surface area contributed by atoms with Gasteiger partial charge in [-0.25, -0.2) is 9.97 Å². The number of aromatic nitrogens is 2. The van der Waals surface area contributed by atoms with Gasteiger partial charge >= 0.3 is 0 Å².